The largest absolute Gasteiger partial charge is 0.495 e. The molecule has 0 fully saturated rings. The van der Waals surface area contributed by atoms with Gasteiger partial charge in [-0.05, 0) is 19.3 Å². The number of aromatic nitrogens is 2. The van der Waals surface area contributed by atoms with Gasteiger partial charge in [0, 0.05) is 0 Å². The van der Waals surface area contributed by atoms with Gasteiger partial charge in [0.2, 0.25) is 11.8 Å². The van der Waals surface area contributed by atoms with Crippen molar-refractivity contribution in [1.82, 2.24) is 9.97 Å². The molecule has 0 N–H and O–H groups in total. The van der Waals surface area contributed by atoms with Crippen molar-refractivity contribution in [3.05, 3.63) is 44.6 Å². The van der Waals surface area contributed by atoms with Gasteiger partial charge >= 0.3 is 6.01 Å². The van der Waals surface area contributed by atoms with E-state index in [1.807, 2.05) is 0 Å². The molecule has 0 bridgehead atoms. The van der Waals surface area contributed by atoms with Crippen molar-refractivity contribution in [3.8, 4) is 17.8 Å². The number of nitrogens with zero attached hydrogens (tertiary/aromatic N) is 2. The summed E-state index contributed by atoms with van der Waals surface area (Å²) >= 11 is 0. The Hall–Kier alpha value is -2.90. The Morgan fingerprint density at radius 2 is 1.03 bits per heavy atom. The fourth-order valence-corrected chi connectivity index (χ4v) is 3.07. The average Bonchev–Trinajstić information content (AvgIpc) is 2.80. The van der Waals surface area contributed by atoms with Crippen LogP contribution in [0.2, 0.25) is 0 Å². The molecular formula is C25H40N2O6. The first-order valence-corrected chi connectivity index (χ1v) is 11.7. The van der Waals surface area contributed by atoms with Crippen LogP contribution in [0, 0.1) is 0 Å². The first-order chi connectivity index (χ1) is 16.1. The van der Waals surface area contributed by atoms with Crippen molar-refractivity contribution in [1.29, 1.82) is 0 Å². The minimum atomic E-state index is -0.144. The van der Waals surface area contributed by atoms with Crippen LogP contribution in [-0.4, -0.2) is 48.1 Å². The van der Waals surface area contributed by atoms with Crippen molar-refractivity contribution in [2.45, 2.75) is 77.6 Å². The summed E-state index contributed by atoms with van der Waals surface area (Å²) in [5.74, 6) is 0.661. The number of ether oxygens (including phenoxy) is 6. The molecular weight excluding hydrogens is 424 g/mol. The molecule has 0 aliphatic heterocycles. The van der Waals surface area contributed by atoms with Crippen molar-refractivity contribution >= 4 is 0 Å². The molecule has 3 atom stereocenters. The van der Waals surface area contributed by atoms with Crippen LogP contribution in [0.5, 0.6) is 17.8 Å². The molecule has 0 aromatic carbocycles. The van der Waals surface area contributed by atoms with Gasteiger partial charge < -0.3 is 28.4 Å². The predicted molar refractivity (Wildman–Crippen MR) is 128 cm³/mol. The molecule has 1 rings (SSSR count). The third kappa shape index (κ3) is 12.1. The summed E-state index contributed by atoms with van der Waals surface area (Å²) in [6.45, 7) is 18.0. The van der Waals surface area contributed by atoms with E-state index < -0.39 is 0 Å². The summed E-state index contributed by atoms with van der Waals surface area (Å²) < 4.78 is 34.1. The van der Waals surface area contributed by atoms with Gasteiger partial charge in [-0.15, -0.1) is 0 Å². The highest BCUT2D eigenvalue weighted by atomic mass is 16.6. The summed E-state index contributed by atoms with van der Waals surface area (Å²) in [4.78, 5) is 8.74. The van der Waals surface area contributed by atoms with Gasteiger partial charge in [0.25, 0.3) is 0 Å². The molecule has 0 aliphatic carbocycles. The van der Waals surface area contributed by atoms with Crippen LogP contribution in [0.1, 0.15) is 59.3 Å². The maximum absolute atomic E-state index is 5.88. The van der Waals surface area contributed by atoms with Crippen LogP contribution in [-0.2, 0) is 14.2 Å². The summed E-state index contributed by atoms with van der Waals surface area (Å²) in [6.07, 6.45) is 9.22. The minimum absolute atomic E-state index is 0.124. The molecule has 0 radical (unpaired) electrons. The summed E-state index contributed by atoms with van der Waals surface area (Å²) in [6, 6.07) is 1.77. The molecule has 1 aromatic heterocycles. The molecule has 8 nitrogen and oxygen atoms in total. The lowest BCUT2D eigenvalue weighted by atomic mass is 10.2. The fourth-order valence-electron chi connectivity index (χ4n) is 3.07. The second-order valence-electron chi connectivity index (χ2n) is 7.40. The number of rotatable bonds is 21. The van der Waals surface area contributed by atoms with Gasteiger partial charge in [0.05, 0.1) is 24.9 Å². The Kier molecular flexibility index (Phi) is 15.0. The molecule has 3 unspecified atom stereocenters. The van der Waals surface area contributed by atoms with Crippen LogP contribution < -0.4 is 14.2 Å². The zero-order chi connectivity index (χ0) is 24.3. The van der Waals surface area contributed by atoms with Crippen molar-refractivity contribution in [3.63, 3.8) is 0 Å². The second-order valence-corrected chi connectivity index (χ2v) is 7.40. The first-order valence-electron chi connectivity index (χ1n) is 11.7. The summed E-state index contributed by atoms with van der Waals surface area (Å²) in [5.41, 5.74) is 0. The third-order valence-electron chi connectivity index (χ3n) is 4.59. The molecule has 1 aromatic rings. The molecule has 186 valence electrons. The summed E-state index contributed by atoms with van der Waals surface area (Å²) in [7, 11) is 0. The smallest absolute Gasteiger partial charge is 0.323 e. The van der Waals surface area contributed by atoms with Gasteiger partial charge in [0.1, 0.15) is 38.1 Å². The predicted octanol–water partition coefficient (Wildman–Crippen LogP) is 5.60. The first kappa shape index (κ1) is 28.1. The zero-order valence-electron chi connectivity index (χ0n) is 20.4. The van der Waals surface area contributed by atoms with E-state index in [0.717, 1.165) is 38.5 Å². The minimum Gasteiger partial charge on any atom is -0.495 e. The van der Waals surface area contributed by atoms with Gasteiger partial charge in [-0.25, -0.2) is 0 Å². The quantitative estimate of drug-likeness (QED) is 0.218. The molecule has 0 spiro atoms. The number of hydrogen-bond acceptors (Lipinski definition) is 8. The number of hydrogen-bond donors (Lipinski definition) is 0. The summed E-state index contributed by atoms with van der Waals surface area (Å²) in [5, 5.41) is 0. The lowest BCUT2D eigenvalue weighted by molar-refractivity contribution is 0.0682. The van der Waals surface area contributed by atoms with Crippen LogP contribution in [0.15, 0.2) is 44.6 Å². The molecule has 33 heavy (non-hydrogen) atoms. The Labute approximate surface area is 198 Å². The lowest BCUT2D eigenvalue weighted by Gasteiger charge is -2.19. The van der Waals surface area contributed by atoms with E-state index in [2.05, 4.69) is 50.5 Å². The van der Waals surface area contributed by atoms with Gasteiger partial charge in [-0.2, -0.15) is 9.97 Å². The highest BCUT2D eigenvalue weighted by Gasteiger charge is 2.16. The van der Waals surface area contributed by atoms with Gasteiger partial charge in [-0.3, -0.25) is 0 Å². The third-order valence-corrected chi connectivity index (χ3v) is 4.59. The Balaban J connectivity index is 2.96. The average molecular weight is 465 g/mol. The maximum atomic E-state index is 5.88. The monoisotopic (exact) mass is 464 g/mol. The van der Waals surface area contributed by atoms with E-state index in [1.54, 1.807) is 6.07 Å². The molecule has 0 amide bonds. The Morgan fingerprint density at radius 3 is 1.36 bits per heavy atom. The van der Waals surface area contributed by atoms with Crippen molar-refractivity contribution < 1.29 is 28.4 Å². The van der Waals surface area contributed by atoms with Crippen molar-refractivity contribution in [2.24, 2.45) is 0 Å². The van der Waals surface area contributed by atoms with Crippen LogP contribution in [0.3, 0.4) is 0 Å². The lowest BCUT2D eigenvalue weighted by Crippen LogP contribution is -2.22. The maximum Gasteiger partial charge on any atom is 0.323 e. The zero-order valence-corrected chi connectivity index (χ0v) is 20.4. The molecule has 1 heterocycles. The Bertz CT molecular complexity index is 582. The highest BCUT2D eigenvalue weighted by molar-refractivity contribution is 5.23. The highest BCUT2D eigenvalue weighted by Crippen LogP contribution is 2.22. The van der Waals surface area contributed by atoms with Crippen molar-refractivity contribution in [2.75, 3.05) is 19.8 Å². The Morgan fingerprint density at radius 1 is 0.667 bits per heavy atom. The van der Waals surface area contributed by atoms with E-state index in [-0.39, 0.29) is 30.9 Å². The van der Waals surface area contributed by atoms with Crippen LogP contribution >= 0.6 is 0 Å². The van der Waals surface area contributed by atoms with E-state index in [4.69, 9.17) is 28.4 Å². The molecule has 8 heteroatoms. The van der Waals surface area contributed by atoms with E-state index in [9.17, 15) is 0 Å². The molecule has 0 aliphatic rings. The van der Waals surface area contributed by atoms with E-state index in [0.29, 0.717) is 25.0 Å². The van der Waals surface area contributed by atoms with Crippen LogP contribution in [0.4, 0.5) is 0 Å². The topological polar surface area (TPSA) is 81.2 Å². The SMILES string of the molecule is C=COC(CCC)COc1cc(OCC(CCC)OC=C)nc(OCC(CCC)OC=C)n1. The molecule has 0 saturated heterocycles. The van der Waals surface area contributed by atoms with Gasteiger partial charge in [0.15, 0.2) is 0 Å². The van der Waals surface area contributed by atoms with E-state index >= 15 is 0 Å². The molecule has 0 saturated carbocycles. The van der Waals surface area contributed by atoms with Crippen LogP contribution in [0.25, 0.3) is 0 Å². The van der Waals surface area contributed by atoms with E-state index in [1.165, 1.54) is 18.8 Å². The normalized spacial score (nSPS) is 13.2. The second kappa shape index (κ2) is 17.6. The van der Waals surface area contributed by atoms with Gasteiger partial charge in [-0.1, -0.05) is 59.8 Å². The fraction of sp³-hybridized carbons (Fsp3) is 0.600. The standard InChI is InChI=1S/C25H40N2O6/c1-7-13-20(28-10-4)17-31-23-16-24(32-18-21(14-8-2)29-11-5)27-25(26-23)33-19-22(15-9-3)30-12-6/h10-12,16,20-22H,4-9,13-15,17-19H2,1-3H3.